The third kappa shape index (κ3) is 6.92. The molecule has 0 aromatic carbocycles. The van der Waals surface area contributed by atoms with Crippen LogP contribution < -0.4 is 11.1 Å². The lowest BCUT2D eigenvalue weighted by atomic mass is 9.68. The van der Waals surface area contributed by atoms with Gasteiger partial charge in [0.25, 0.3) is 0 Å². The number of rotatable bonds is 7. The summed E-state index contributed by atoms with van der Waals surface area (Å²) < 4.78 is 0. The van der Waals surface area contributed by atoms with E-state index >= 15 is 0 Å². The van der Waals surface area contributed by atoms with E-state index in [0.717, 1.165) is 38.7 Å². The minimum Gasteiger partial charge on any atom is -0.352 e. The van der Waals surface area contributed by atoms with Gasteiger partial charge in [-0.1, -0.05) is 12.7 Å². The van der Waals surface area contributed by atoms with E-state index in [0.29, 0.717) is 12.0 Å². The molecular formula is C16H32BN4O. The van der Waals surface area contributed by atoms with Crippen LogP contribution >= 0.6 is 0 Å². The standard InChI is InChI=1S/C16H32BN4O/c1-12(18)17-9-5-6-14(19)15(22)20-13-7-10-21(11-8-13)16(2,3)4/h13-14,18H,5-11,19H2,1-4H3,(H,20,22)/t14-/m0/s1. The van der Waals surface area contributed by atoms with Crippen LogP contribution in [0.3, 0.4) is 0 Å². The highest BCUT2D eigenvalue weighted by Gasteiger charge is 2.28. The zero-order valence-electron chi connectivity index (χ0n) is 14.6. The monoisotopic (exact) mass is 307 g/mol. The normalized spacial score (nSPS) is 18.8. The van der Waals surface area contributed by atoms with Crippen LogP contribution in [0.5, 0.6) is 0 Å². The average molecular weight is 307 g/mol. The van der Waals surface area contributed by atoms with Gasteiger partial charge >= 0.3 is 0 Å². The molecule has 1 rings (SSSR count). The zero-order chi connectivity index (χ0) is 16.8. The van der Waals surface area contributed by atoms with Crippen molar-refractivity contribution in [3.8, 4) is 0 Å². The molecule has 1 aliphatic heterocycles. The van der Waals surface area contributed by atoms with Crippen molar-refractivity contribution in [1.29, 1.82) is 5.41 Å². The second-order valence-corrected chi connectivity index (χ2v) is 7.37. The molecule has 1 atom stereocenters. The van der Waals surface area contributed by atoms with Crippen molar-refractivity contribution in [1.82, 2.24) is 10.2 Å². The van der Waals surface area contributed by atoms with E-state index in [4.69, 9.17) is 11.1 Å². The van der Waals surface area contributed by atoms with Crippen LogP contribution in [0.25, 0.3) is 0 Å². The predicted octanol–water partition coefficient (Wildman–Crippen LogP) is 1.59. The maximum absolute atomic E-state index is 12.1. The van der Waals surface area contributed by atoms with Crippen molar-refractivity contribution in [3.63, 3.8) is 0 Å². The molecule has 125 valence electrons. The fourth-order valence-corrected chi connectivity index (χ4v) is 2.79. The molecule has 1 aliphatic rings. The van der Waals surface area contributed by atoms with Crippen LogP contribution in [0.1, 0.15) is 53.4 Å². The second kappa shape index (κ2) is 8.68. The SMILES string of the molecule is CC(=N)[B]CCC[C@H](N)C(=O)NC1CCN(C(C)(C)C)CC1. The van der Waals surface area contributed by atoms with Crippen LogP contribution in [0, 0.1) is 5.41 Å². The van der Waals surface area contributed by atoms with Crippen molar-refractivity contribution in [2.24, 2.45) is 5.73 Å². The average Bonchev–Trinajstić information content (AvgIpc) is 2.42. The molecule has 0 aromatic heterocycles. The first kappa shape index (κ1) is 19.2. The molecule has 1 radical (unpaired) electrons. The number of nitrogens with one attached hydrogen (secondary N) is 2. The van der Waals surface area contributed by atoms with Gasteiger partial charge in [-0.25, -0.2) is 0 Å². The molecule has 0 unspecified atom stereocenters. The third-order valence-corrected chi connectivity index (χ3v) is 4.30. The lowest BCUT2D eigenvalue weighted by Crippen LogP contribution is -2.53. The Balaban J connectivity index is 2.24. The Hall–Kier alpha value is -0.875. The Bertz CT molecular complexity index is 373. The highest BCUT2D eigenvalue weighted by Crippen LogP contribution is 2.20. The van der Waals surface area contributed by atoms with E-state index in [-0.39, 0.29) is 17.5 Å². The first-order valence-electron chi connectivity index (χ1n) is 8.39. The summed E-state index contributed by atoms with van der Waals surface area (Å²) in [4.78, 5) is 14.6. The number of nitrogens with two attached hydrogens (primary N) is 1. The van der Waals surface area contributed by atoms with Gasteiger partial charge in [-0.15, -0.1) is 0 Å². The number of piperidine rings is 1. The lowest BCUT2D eigenvalue weighted by molar-refractivity contribution is -0.123. The largest absolute Gasteiger partial charge is 0.352 e. The summed E-state index contributed by atoms with van der Waals surface area (Å²) in [5.74, 6) is -0.0271. The van der Waals surface area contributed by atoms with Gasteiger partial charge in [-0.2, -0.15) is 0 Å². The highest BCUT2D eigenvalue weighted by atomic mass is 16.2. The molecule has 6 heteroatoms. The summed E-state index contributed by atoms with van der Waals surface area (Å²) in [7, 11) is 1.87. The molecule has 0 saturated carbocycles. The van der Waals surface area contributed by atoms with Gasteiger partial charge in [0.1, 0.15) is 0 Å². The second-order valence-electron chi connectivity index (χ2n) is 7.37. The van der Waals surface area contributed by atoms with Gasteiger partial charge in [0, 0.05) is 24.7 Å². The zero-order valence-corrected chi connectivity index (χ0v) is 14.6. The van der Waals surface area contributed by atoms with Gasteiger partial charge < -0.3 is 16.5 Å². The van der Waals surface area contributed by atoms with E-state index in [9.17, 15) is 4.79 Å². The Morgan fingerprint density at radius 3 is 2.50 bits per heavy atom. The van der Waals surface area contributed by atoms with Gasteiger partial charge in [-0.05, 0) is 52.6 Å². The summed E-state index contributed by atoms with van der Waals surface area (Å²) in [5.41, 5.74) is 6.73. The molecule has 0 aliphatic carbocycles. The Morgan fingerprint density at radius 2 is 2.00 bits per heavy atom. The summed E-state index contributed by atoms with van der Waals surface area (Å²) in [6.07, 6.45) is 4.34. The maximum atomic E-state index is 12.1. The number of nitrogens with zero attached hydrogens (tertiary/aromatic N) is 1. The summed E-state index contributed by atoms with van der Waals surface area (Å²) in [6, 6.07) is -0.174. The van der Waals surface area contributed by atoms with Crippen LogP contribution in [0.4, 0.5) is 0 Å². The van der Waals surface area contributed by atoms with Gasteiger partial charge in [-0.3, -0.25) is 9.69 Å². The molecule has 0 aromatic rings. The third-order valence-electron chi connectivity index (χ3n) is 4.30. The van der Waals surface area contributed by atoms with E-state index in [1.54, 1.807) is 6.92 Å². The van der Waals surface area contributed by atoms with Crippen molar-refractivity contribution < 1.29 is 4.79 Å². The molecule has 5 nitrogen and oxygen atoms in total. The molecule has 0 bridgehead atoms. The van der Waals surface area contributed by atoms with Gasteiger partial charge in [0.15, 0.2) is 7.28 Å². The number of amides is 1. The van der Waals surface area contributed by atoms with Crippen molar-refractivity contribution >= 4 is 18.8 Å². The molecule has 4 N–H and O–H groups in total. The number of likely N-dealkylation sites (tertiary alicyclic amines) is 1. The minimum atomic E-state index is -0.430. The van der Waals surface area contributed by atoms with Gasteiger partial charge in [0.05, 0.1) is 6.04 Å². The number of carbonyl (C=O) groups is 1. The smallest absolute Gasteiger partial charge is 0.237 e. The minimum absolute atomic E-state index is 0.0271. The maximum Gasteiger partial charge on any atom is 0.237 e. The van der Waals surface area contributed by atoms with Crippen molar-refractivity contribution in [3.05, 3.63) is 0 Å². The fraction of sp³-hybridized carbons (Fsp3) is 0.875. The number of carbonyl (C=O) groups excluding carboxylic acids is 1. The molecular weight excluding hydrogens is 275 g/mol. The summed E-state index contributed by atoms with van der Waals surface area (Å²) in [6.45, 7) is 10.5. The van der Waals surface area contributed by atoms with Gasteiger partial charge in [0.2, 0.25) is 5.91 Å². The van der Waals surface area contributed by atoms with E-state index in [1.165, 1.54) is 0 Å². The van der Waals surface area contributed by atoms with E-state index in [1.807, 2.05) is 7.28 Å². The number of hydrogen-bond acceptors (Lipinski definition) is 4. The summed E-state index contributed by atoms with van der Waals surface area (Å²) >= 11 is 0. The first-order valence-corrected chi connectivity index (χ1v) is 8.39. The molecule has 1 heterocycles. The van der Waals surface area contributed by atoms with Crippen LogP contribution in [0.15, 0.2) is 0 Å². The van der Waals surface area contributed by atoms with Crippen molar-refractivity contribution in [2.45, 2.75) is 77.3 Å². The molecule has 1 saturated heterocycles. The van der Waals surface area contributed by atoms with Crippen LogP contribution in [-0.4, -0.2) is 54.4 Å². The predicted molar refractivity (Wildman–Crippen MR) is 93.7 cm³/mol. The molecule has 22 heavy (non-hydrogen) atoms. The number of hydrogen-bond donors (Lipinski definition) is 3. The quantitative estimate of drug-likeness (QED) is 0.379. The van der Waals surface area contributed by atoms with Crippen molar-refractivity contribution in [2.75, 3.05) is 13.1 Å². The molecule has 0 spiro atoms. The molecule has 1 amide bonds. The first-order chi connectivity index (χ1) is 10.2. The Labute approximate surface area is 136 Å². The van der Waals surface area contributed by atoms with Crippen LogP contribution in [-0.2, 0) is 4.79 Å². The Morgan fingerprint density at radius 1 is 1.41 bits per heavy atom. The Kier molecular flexibility index (Phi) is 7.56. The topological polar surface area (TPSA) is 82.2 Å². The molecule has 1 fully saturated rings. The summed E-state index contributed by atoms with van der Waals surface area (Å²) in [5, 5.41) is 10.4. The highest BCUT2D eigenvalue weighted by molar-refractivity contribution is 6.74. The van der Waals surface area contributed by atoms with E-state index < -0.39 is 6.04 Å². The van der Waals surface area contributed by atoms with E-state index in [2.05, 4.69) is 31.0 Å². The van der Waals surface area contributed by atoms with Crippen LogP contribution in [0.2, 0.25) is 6.32 Å². The lowest BCUT2D eigenvalue weighted by Gasteiger charge is -2.41. The fourth-order valence-electron chi connectivity index (χ4n) is 2.79.